The Hall–Kier alpha value is -2.49. The molecule has 0 aromatic carbocycles. The SMILES string of the molecule is CC(C)(O)C(=O)N[C@H](C(=O)N1C[C@]2(C[C@H]1C(=O)NC(CC1CCC1)C(=O)C(N)=O)C(C)(C)C21CCC1)C(C)(C)C. The first kappa shape index (κ1) is 30.5. The van der Waals surface area contributed by atoms with E-state index in [1.807, 2.05) is 20.8 Å². The fourth-order valence-electron chi connectivity index (χ4n) is 7.92. The Morgan fingerprint density at radius 3 is 1.98 bits per heavy atom. The molecule has 0 aromatic heterocycles. The Labute approximate surface area is 237 Å². The van der Waals surface area contributed by atoms with Crippen LogP contribution in [0.3, 0.4) is 0 Å². The summed E-state index contributed by atoms with van der Waals surface area (Å²) in [5.41, 5.74) is 2.65. The third kappa shape index (κ3) is 4.73. The van der Waals surface area contributed by atoms with Crippen LogP contribution in [0.4, 0.5) is 0 Å². The van der Waals surface area contributed by atoms with Crippen LogP contribution < -0.4 is 16.4 Å². The van der Waals surface area contributed by atoms with Gasteiger partial charge in [0.25, 0.3) is 11.8 Å². The van der Waals surface area contributed by atoms with Gasteiger partial charge >= 0.3 is 0 Å². The maximum Gasteiger partial charge on any atom is 0.287 e. The van der Waals surface area contributed by atoms with E-state index < -0.39 is 58.6 Å². The Morgan fingerprint density at radius 2 is 1.57 bits per heavy atom. The smallest absolute Gasteiger partial charge is 0.287 e. The zero-order valence-electron chi connectivity index (χ0n) is 25.2. The van der Waals surface area contributed by atoms with Crippen molar-refractivity contribution in [3.63, 3.8) is 0 Å². The summed E-state index contributed by atoms with van der Waals surface area (Å²) in [6, 6.07) is -2.88. The van der Waals surface area contributed by atoms with Gasteiger partial charge in [-0.05, 0) is 61.7 Å². The number of rotatable bonds is 9. The summed E-state index contributed by atoms with van der Waals surface area (Å²) in [4.78, 5) is 67.1. The van der Waals surface area contributed by atoms with E-state index in [2.05, 4.69) is 24.5 Å². The fraction of sp³-hybridized carbons (Fsp3) is 0.833. The number of nitrogens with two attached hydrogens (primary N) is 1. The molecule has 0 bridgehead atoms. The van der Waals surface area contributed by atoms with Crippen LogP contribution in [0.15, 0.2) is 0 Å². The zero-order valence-corrected chi connectivity index (χ0v) is 25.2. The molecule has 1 heterocycles. The molecule has 2 spiro atoms. The highest BCUT2D eigenvalue weighted by molar-refractivity contribution is 6.37. The number of primary amides is 1. The number of nitrogens with one attached hydrogen (secondary N) is 2. The molecule has 4 rings (SSSR count). The van der Waals surface area contributed by atoms with Crippen LogP contribution >= 0.6 is 0 Å². The fourth-order valence-corrected chi connectivity index (χ4v) is 7.92. The van der Waals surface area contributed by atoms with Gasteiger partial charge < -0.3 is 26.4 Å². The number of fused-ring (bicyclic) bond motifs is 1. The van der Waals surface area contributed by atoms with Gasteiger partial charge in [0, 0.05) is 12.0 Å². The minimum absolute atomic E-state index is 0.0511. The monoisotopic (exact) mass is 560 g/mol. The van der Waals surface area contributed by atoms with Gasteiger partial charge in [-0.3, -0.25) is 24.0 Å². The summed E-state index contributed by atoms with van der Waals surface area (Å²) in [5.74, 6) is -3.20. The highest BCUT2D eigenvalue weighted by Gasteiger charge is 2.85. The standard InChI is InChI=1S/C30H48N4O6/c1-26(2,3)21(33-25(39)27(4,5)40)24(38)34-16-30(28(6,7)29(30)12-9-13-29)15-19(34)23(37)32-18(20(35)22(31)36)14-17-10-8-11-17/h17-19,21,40H,8-16H2,1-7H3,(H2,31,36)(H,32,37)(H,33,39)/t18?,19-,21+,30+/m0/s1. The molecular weight excluding hydrogens is 512 g/mol. The summed E-state index contributed by atoms with van der Waals surface area (Å²) in [7, 11) is 0. The van der Waals surface area contributed by atoms with Gasteiger partial charge in [0.05, 0.1) is 6.04 Å². The van der Waals surface area contributed by atoms with Crippen LogP contribution in [-0.2, 0) is 24.0 Å². The zero-order chi connectivity index (χ0) is 30.1. The first-order valence-corrected chi connectivity index (χ1v) is 14.8. The molecule has 224 valence electrons. The maximum absolute atomic E-state index is 14.3. The van der Waals surface area contributed by atoms with Crippen molar-refractivity contribution in [1.82, 2.24) is 15.5 Å². The molecule has 40 heavy (non-hydrogen) atoms. The molecular formula is C30H48N4O6. The first-order valence-electron chi connectivity index (χ1n) is 14.8. The van der Waals surface area contributed by atoms with Crippen LogP contribution in [0.2, 0.25) is 0 Å². The summed E-state index contributed by atoms with van der Waals surface area (Å²) in [6.45, 7) is 13.0. The quantitative estimate of drug-likeness (QED) is 0.315. The lowest BCUT2D eigenvalue weighted by molar-refractivity contribution is -0.148. The van der Waals surface area contributed by atoms with Crippen LogP contribution in [0.25, 0.3) is 0 Å². The van der Waals surface area contributed by atoms with E-state index in [0.29, 0.717) is 19.4 Å². The second-order valence-electron chi connectivity index (χ2n) is 15.0. The molecule has 4 fully saturated rings. The predicted octanol–water partition coefficient (Wildman–Crippen LogP) is 1.82. The van der Waals surface area contributed by atoms with Gasteiger partial charge in [-0.15, -0.1) is 0 Å². The number of ketones is 1. The molecule has 3 aliphatic carbocycles. The third-order valence-corrected chi connectivity index (χ3v) is 11.0. The van der Waals surface area contributed by atoms with Gasteiger partial charge in [0.15, 0.2) is 0 Å². The van der Waals surface area contributed by atoms with Crippen molar-refractivity contribution < 1.29 is 29.1 Å². The molecule has 1 saturated heterocycles. The molecule has 10 heteroatoms. The highest BCUT2D eigenvalue weighted by Crippen LogP contribution is 2.88. The normalized spacial score (nSPS) is 28.3. The molecule has 10 nitrogen and oxygen atoms in total. The summed E-state index contributed by atoms with van der Waals surface area (Å²) in [6.07, 6.45) is 6.90. The second kappa shape index (κ2) is 9.81. The molecule has 4 amide bonds. The van der Waals surface area contributed by atoms with Crippen LogP contribution in [-0.4, -0.2) is 69.7 Å². The Bertz CT molecular complexity index is 1090. The number of amides is 4. The average Bonchev–Trinajstić information content (AvgIpc) is 3.02. The van der Waals surface area contributed by atoms with E-state index in [-0.39, 0.29) is 22.2 Å². The minimum Gasteiger partial charge on any atom is -0.381 e. The summed E-state index contributed by atoms with van der Waals surface area (Å²) < 4.78 is 0. The number of likely N-dealkylation sites (tertiary alicyclic amines) is 1. The molecule has 1 unspecified atom stereocenters. The van der Waals surface area contributed by atoms with Crippen molar-refractivity contribution in [2.45, 2.75) is 124 Å². The molecule has 0 radical (unpaired) electrons. The lowest BCUT2D eigenvalue weighted by atomic mass is 9.73. The van der Waals surface area contributed by atoms with E-state index >= 15 is 0 Å². The van der Waals surface area contributed by atoms with E-state index in [1.165, 1.54) is 13.8 Å². The number of hydrogen-bond acceptors (Lipinski definition) is 6. The van der Waals surface area contributed by atoms with Crippen molar-refractivity contribution in [1.29, 1.82) is 0 Å². The van der Waals surface area contributed by atoms with Crippen LogP contribution in [0.5, 0.6) is 0 Å². The number of carbonyl (C=O) groups excluding carboxylic acids is 5. The van der Waals surface area contributed by atoms with Crippen LogP contribution in [0, 0.1) is 27.6 Å². The highest BCUT2D eigenvalue weighted by atomic mass is 16.3. The number of hydrogen-bond donors (Lipinski definition) is 4. The molecule has 3 saturated carbocycles. The van der Waals surface area contributed by atoms with Gasteiger partial charge in [-0.1, -0.05) is 60.3 Å². The van der Waals surface area contributed by atoms with Crippen molar-refractivity contribution in [2.24, 2.45) is 33.3 Å². The van der Waals surface area contributed by atoms with Crippen molar-refractivity contribution in [2.75, 3.05) is 6.54 Å². The number of nitrogens with zero attached hydrogens (tertiary/aromatic N) is 1. The van der Waals surface area contributed by atoms with Gasteiger partial charge in [-0.2, -0.15) is 0 Å². The van der Waals surface area contributed by atoms with Crippen LogP contribution in [0.1, 0.15) is 99.8 Å². The second-order valence-corrected chi connectivity index (χ2v) is 15.0. The van der Waals surface area contributed by atoms with Gasteiger partial charge in [-0.25, -0.2) is 0 Å². The van der Waals surface area contributed by atoms with E-state index in [1.54, 1.807) is 4.90 Å². The minimum atomic E-state index is -1.69. The Morgan fingerprint density at radius 1 is 0.975 bits per heavy atom. The number of Topliss-reactive ketones (excluding diaryl/α,β-unsaturated/α-hetero) is 1. The first-order chi connectivity index (χ1) is 18.3. The van der Waals surface area contributed by atoms with Crippen molar-refractivity contribution in [3.8, 4) is 0 Å². The number of aliphatic hydroxyl groups is 1. The van der Waals surface area contributed by atoms with E-state index in [9.17, 15) is 29.1 Å². The average molecular weight is 561 g/mol. The molecule has 1 aliphatic heterocycles. The number of carbonyl (C=O) groups is 5. The van der Waals surface area contributed by atoms with E-state index in [0.717, 1.165) is 38.5 Å². The molecule has 0 aromatic rings. The Kier molecular flexibility index (Phi) is 7.47. The molecule has 5 N–H and O–H groups in total. The Balaban J connectivity index is 1.65. The third-order valence-electron chi connectivity index (χ3n) is 11.0. The summed E-state index contributed by atoms with van der Waals surface area (Å²) in [5, 5.41) is 15.8. The van der Waals surface area contributed by atoms with Crippen molar-refractivity contribution >= 4 is 29.4 Å². The lowest BCUT2D eigenvalue weighted by Gasteiger charge is -2.37. The lowest BCUT2D eigenvalue weighted by Crippen LogP contribution is -2.61. The predicted molar refractivity (Wildman–Crippen MR) is 148 cm³/mol. The van der Waals surface area contributed by atoms with Gasteiger partial charge in [0.2, 0.25) is 17.6 Å². The summed E-state index contributed by atoms with van der Waals surface area (Å²) >= 11 is 0. The topological polar surface area (TPSA) is 159 Å². The van der Waals surface area contributed by atoms with E-state index in [4.69, 9.17) is 5.73 Å². The molecule has 4 atom stereocenters. The van der Waals surface area contributed by atoms with Gasteiger partial charge in [0.1, 0.15) is 17.7 Å². The van der Waals surface area contributed by atoms with Crippen molar-refractivity contribution in [3.05, 3.63) is 0 Å². The maximum atomic E-state index is 14.3. The largest absolute Gasteiger partial charge is 0.381 e. The molecule has 4 aliphatic rings.